The van der Waals surface area contributed by atoms with Gasteiger partial charge in [-0.1, -0.05) is 0 Å². The molecule has 20 heavy (non-hydrogen) atoms. The van der Waals surface area contributed by atoms with E-state index in [0.717, 1.165) is 0 Å². The summed E-state index contributed by atoms with van der Waals surface area (Å²) in [5.74, 6) is 0. The van der Waals surface area contributed by atoms with Crippen LogP contribution in [0.2, 0.25) is 0 Å². The highest BCUT2D eigenvalue weighted by molar-refractivity contribution is 7.89. The zero-order valence-electron chi connectivity index (χ0n) is 12.0. The van der Waals surface area contributed by atoms with Crippen LogP contribution >= 0.6 is 0 Å². The quantitative estimate of drug-likeness (QED) is 0.858. The summed E-state index contributed by atoms with van der Waals surface area (Å²) in [5.41, 5.74) is -0.0857. The van der Waals surface area contributed by atoms with Crippen LogP contribution in [0.25, 0.3) is 0 Å². The zero-order valence-corrected chi connectivity index (χ0v) is 12.8. The number of aromatic nitrogens is 1. The van der Waals surface area contributed by atoms with Crippen molar-refractivity contribution in [2.24, 2.45) is 0 Å². The van der Waals surface area contributed by atoms with Crippen molar-refractivity contribution in [3.63, 3.8) is 0 Å². The summed E-state index contributed by atoms with van der Waals surface area (Å²) >= 11 is 0. The molecule has 6 nitrogen and oxygen atoms in total. The summed E-state index contributed by atoms with van der Waals surface area (Å²) in [7, 11) is -3.69. The number of rotatable bonds is 5. The van der Waals surface area contributed by atoms with Gasteiger partial charge in [-0.2, -0.15) is 0 Å². The molecule has 0 aromatic carbocycles. The zero-order chi connectivity index (χ0) is 14.8. The minimum atomic E-state index is -3.69. The lowest BCUT2D eigenvalue weighted by molar-refractivity contribution is 0.0957. The molecule has 0 aliphatic carbocycles. The van der Waals surface area contributed by atoms with Crippen molar-refractivity contribution >= 4 is 15.7 Å². The predicted octanol–water partition coefficient (Wildman–Crippen LogP) is 1.36. The average Bonchev–Trinajstić information content (AvgIpc) is 2.69. The fourth-order valence-corrected chi connectivity index (χ4v) is 3.86. The van der Waals surface area contributed by atoms with Gasteiger partial charge in [0.2, 0.25) is 0 Å². The second-order valence-corrected chi connectivity index (χ2v) is 6.77. The van der Waals surface area contributed by atoms with Gasteiger partial charge in [0.1, 0.15) is 0 Å². The smallest absolute Gasteiger partial charge is 0.260 e. The summed E-state index contributed by atoms with van der Waals surface area (Å²) < 4.78 is 33.3. The standard InChI is InChI=1S/C13H21N3O3S/c1-4-14-11-6-5-8-15-12(11)20(17,18)16-13(3)7-9-19-10(13)2/h5-6,8,10,14,16H,4,7,9H2,1-3H3. The molecule has 2 unspecified atom stereocenters. The van der Waals surface area contributed by atoms with E-state index in [4.69, 9.17) is 4.74 Å². The van der Waals surface area contributed by atoms with E-state index in [-0.39, 0.29) is 11.1 Å². The molecule has 1 aliphatic heterocycles. The van der Waals surface area contributed by atoms with Gasteiger partial charge >= 0.3 is 0 Å². The first kappa shape index (κ1) is 15.2. The van der Waals surface area contributed by atoms with Gasteiger partial charge in [-0.3, -0.25) is 0 Å². The lowest BCUT2D eigenvalue weighted by atomic mass is 9.97. The van der Waals surface area contributed by atoms with Crippen molar-refractivity contribution in [1.29, 1.82) is 0 Å². The number of nitrogens with zero attached hydrogens (tertiary/aromatic N) is 1. The fraction of sp³-hybridized carbons (Fsp3) is 0.615. The molecule has 1 aliphatic rings. The minimum absolute atomic E-state index is 0.0298. The molecule has 0 spiro atoms. The van der Waals surface area contributed by atoms with Crippen molar-refractivity contribution in [2.75, 3.05) is 18.5 Å². The average molecular weight is 299 g/mol. The van der Waals surface area contributed by atoms with Crippen LogP contribution < -0.4 is 10.0 Å². The number of anilines is 1. The number of nitrogens with one attached hydrogen (secondary N) is 2. The van der Waals surface area contributed by atoms with Crippen LogP contribution in [-0.4, -0.2) is 38.2 Å². The van der Waals surface area contributed by atoms with Crippen LogP contribution in [-0.2, 0) is 14.8 Å². The van der Waals surface area contributed by atoms with Crippen LogP contribution in [0.4, 0.5) is 5.69 Å². The van der Waals surface area contributed by atoms with Gasteiger partial charge in [0.05, 0.1) is 17.3 Å². The highest BCUT2D eigenvalue weighted by atomic mass is 32.2. The Hall–Kier alpha value is -1.18. The van der Waals surface area contributed by atoms with Crippen molar-refractivity contribution < 1.29 is 13.2 Å². The number of ether oxygens (including phenoxy) is 1. The molecule has 1 fully saturated rings. The van der Waals surface area contributed by atoms with E-state index in [0.29, 0.717) is 25.3 Å². The first-order chi connectivity index (χ1) is 9.39. The van der Waals surface area contributed by atoms with Gasteiger partial charge in [-0.15, -0.1) is 0 Å². The lowest BCUT2D eigenvalue weighted by Gasteiger charge is -2.28. The van der Waals surface area contributed by atoms with Gasteiger partial charge in [0.15, 0.2) is 5.03 Å². The van der Waals surface area contributed by atoms with E-state index in [2.05, 4.69) is 15.0 Å². The maximum atomic E-state index is 12.6. The first-order valence-corrected chi connectivity index (χ1v) is 8.22. The van der Waals surface area contributed by atoms with E-state index in [1.54, 1.807) is 12.1 Å². The SMILES string of the molecule is CCNc1cccnc1S(=O)(=O)NC1(C)CCOC1C. The summed E-state index contributed by atoms with van der Waals surface area (Å²) in [6.07, 6.45) is 1.96. The Bertz CT molecular complexity index is 576. The Morgan fingerprint density at radius 1 is 1.55 bits per heavy atom. The van der Waals surface area contributed by atoms with Gasteiger partial charge in [-0.25, -0.2) is 18.1 Å². The molecule has 1 aromatic heterocycles. The van der Waals surface area contributed by atoms with Crippen molar-refractivity contribution in [1.82, 2.24) is 9.71 Å². The van der Waals surface area contributed by atoms with Crippen LogP contribution in [0.3, 0.4) is 0 Å². The van der Waals surface area contributed by atoms with E-state index >= 15 is 0 Å². The van der Waals surface area contributed by atoms with E-state index < -0.39 is 15.6 Å². The van der Waals surface area contributed by atoms with Gasteiger partial charge in [0.25, 0.3) is 10.0 Å². The molecular weight excluding hydrogens is 278 g/mol. The second-order valence-electron chi connectivity index (χ2n) is 5.17. The molecule has 1 aromatic rings. The number of sulfonamides is 1. The second kappa shape index (κ2) is 5.67. The Balaban J connectivity index is 2.31. The molecule has 0 bridgehead atoms. The molecule has 2 atom stereocenters. The molecule has 1 saturated heterocycles. The molecule has 7 heteroatoms. The Morgan fingerprint density at radius 2 is 2.30 bits per heavy atom. The minimum Gasteiger partial charge on any atom is -0.383 e. The molecule has 2 rings (SSSR count). The fourth-order valence-electron chi connectivity index (χ4n) is 2.25. The number of hydrogen-bond acceptors (Lipinski definition) is 5. The molecule has 2 heterocycles. The van der Waals surface area contributed by atoms with Gasteiger partial charge < -0.3 is 10.1 Å². The van der Waals surface area contributed by atoms with Crippen LogP contribution in [0.1, 0.15) is 27.2 Å². The van der Waals surface area contributed by atoms with E-state index in [1.807, 2.05) is 20.8 Å². The van der Waals surface area contributed by atoms with E-state index in [9.17, 15) is 8.42 Å². The Labute approximate surface area is 120 Å². The summed E-state index contributed by atoms with van der Waals surface area (Å²) in [6, 6.07) is 3.42. The van der Waals surface area contributed by atoms with Crippen LogP contribution in [0.5, 0.6) is 0 Å². The highest BCUT2D eigenvalue weighted by Gasteiger charge is 2.41. The maximum Gasteiger partial charge on any atom is 0.260 e. The number of pyridine rings is 1. The van der Waals surface area contributed by atoms with Crippen LogP contribution in [0, 0.1) is 0 Å². The number of hydrogen-bond donors (Lipinski definition) is 2. The Kier molecular flexibility index (Phi) is 4.31. The molecule has 0 radical (unpaired) electrons. The lowest BCUT2D eigenvalue weighted by Crippen LogP contribution is -2.50. The molecule has 0 amide bonds. The van der Waals surface area contributed by atoms with Crippen LogP contribution in [0.15, 0.2) is 23.4 Å². The van der Waals surface area contributed by atoms with Crippen molar-refractivity contribution in [2.45, 2.75) is 43.9 Å². The van der Waals surface area contributed by atoms with Crippen molar-refractivity contribution in [3.05, 3.63) is 18.3 Å². The maximum absolute atomic E-state index is 12.6. The molecule has 112 valence electrons. The molecule has 2 N–H and O–H groups in total. The monoisotopic (exact) mass is 299 g/mol. The predicted molar refractivity (Wildman–Crippen MR) is 77.2 cm³/mol. The first-order valence-electron chi connectivity index (χ1n) is 6.73. The van der Waals surface area contributed by atoms with Crippen molar-refractivity contribution in [3.8, 4) is 0 Å². The van der Waals surface area contributed by atoms with E-state index in [1.165, 1.54) is 6.20 Å². The third kappa shape index (κ3) is 2.94. The normalized spacial score (nSPS) is 26.6. The molecular formula is C13H21N3O3S. The van der Waals surface area contributed by atoms with Gasteiger partial charge in [-0.05, 0) is 39.3 Å². The Morgan fingerprint density at radius 3 is 2.90 bits per heavy atom. The van der Waals surface area contributed by atoms with Gasteiger partial charge in [0, 0.05) is 19.3 Å². The third-order valence-corrected chi connectivity index (χ3v) is 5.22. The summed E-state index contributed by atoms with van der Waals surface area (Å²) in [6.45, 7) is 6.83. The largest absolute Gasteiger partial charge is 0.383 e. The summed E-state index contributed by atoms with van der Waals surface area (Å²) in [5, 5.41) is 3.05. The topological polar surface area (TPSA) is 80.3 Å². The third-order valence-electron chi connectivity index (χ3n) is 3.65. The highest BCUT2D eigenvalue weighted by Crippen LogP contribution is 2.28. The summed E-state index contributed by atoms with van der Waals surface area (Å²) in [4.78, 5) is 4.01. The molecule has 0 saturated carbocycles.